The van der Waals surface area contributed by atoms with Crippen LogP contribution in [0.5, 0.6) is 0 Å². The van der Waals surface area contributed by atoms with E-state index in [-0.39, 0.29) is 17.5 Å². The summed E-state index contributed by atoms with van der Waals surface area (Å²) in [7, 11) is -1.91. The largest absolute Gasteiger partial charge is 0.375 e. The van der Waals surface area contributed by atoms with Crippen molar-refractivity contribution in [1.82, 2.24) is 4.72 Å². The van der Waals surface area contributed by atoms with Gasteiger partial charge in [0.05, 0.1) is 11.0 Å². The van der Waals surface area contributed by atoms with Gasteiger partial charge >= 0.3 is 0 Å². The summed E-state index contributed by atoms with van der Waals surface area (Å²) >= 11 is 1.56. The van der Waals surface area contributed by atoms with E-state index < -0.39 is 10.0 Å². The molecule has 6 heteroatoms. The van der Waals surface area contributed by atoms with E-state index in [1.807, 2.05) is 16.8 Å². The number of benzene rings is 1. The fourth-order valence-corrected chi connectivity index (χ4v) is 3.42. The molecule has 4 nitrogen and oxygen atoms in total. The molecule has 0 aliphatic rings. The van der Waals surface area contributed by atoms with Crippen molar-refractivity contribution < 1.29 is 13.2 Å². The van der Waals surface area contributed by atoms with Gasteiger partial charge in [-0.25, -0.2) is 13.1 Å². The normalized spacial score (nSPS) is 13.3. The molecule has 0 radical (unpaired) electrons. The minimum Gasteiger partial charge on any atom is -0.375 e. The van der Waals surface area contributed by atoms with Gasteiger partial charge in [0.2, 0.25) is 10.0 Å². The van der Waals surface area contributed by atoms with E-state index >= 15 is 0 Å². The van der Waals surface area contributed by atoms with Crippen molar-refractivity contribution in [3.63, 3.8) is 0 Å². The van der Waals surface area contributed by atoms with Crippen LogP contribution in [0.2, 0.25) is 0 Å². The Kier molecular flexibility index (Phi) is 4.71. The molecule has 0 spiro atoms. The first kappa shape index (κ1) is 14.2. The van der Waals surface area contributed by atoms with Gasteiger partial charge in [-0.2, -0.15) is 11.3 Å². The summed E-state index contributed by atoms with van der Waals surface area (Å²) < 4.78 is 32.0. The van der Waals surface area contributed by atoms with Crippen LogP contribution >= 0.6 is 11.3 Å². The van der Waals surface area contributed by atoms with Crippen molar-refractivity contribution >= 4 is 21.4 Å². The summed E-state index contributed by atoms with van der Waals surface area (Å²) in [5.74, 6) is 0. The zero-order chi connectivity index (χ0) is 13.7. The number of thiophene rings is 1. The van der Waals surface area contributed by atoms with Gasteiger partial charge in [0.25, 0.3) is 0 Å². The van der Waals surface area contributed by atoms with Crippen molar-refractivity contribution in [3.8, 4) is 0 Å². The van der Waals surface area contributed by atoms with Crippen LogP contribution in [0.25, 0.3) is 0 Å². The molecule has 2 rings (SSSR count). The second-order valence-electron chi connectivity index (χ2n) is 3.95. The minimum absolute atomic E-state index is 0.213. The molecule has 0 amide bonds. The second kappa shape index (κ2) is 6.29. The summed E-state index contributed by atoms with van der Waals surface area (Å²) in [4.78, 5) is 0.259. The third kappa shape index (κ3) is 3.63. The summed E-state index contributed by atoms with van der Waals surface area (Å²) in [5.41, 5.74) is 0.975. The second-order valence-corrected chi connectivity index (χ2v) is 6.49. The highest BCUT2D eigenvalue weighted by Crippen LogP contribution is 2.19. The van der Waals surface area contributed by atoms with Crippen molar-refractivity contribution in [2.24, 2.45) is 0 Å². The lowest BCUT2D eigenvalue weighted by Gasteiger charge is -2.15. The topological polar surface area (TPSA) is 55.4 Å². The molecule has 2 aromatic rings. The number of methoxy groups -OCH3 is 1. The zero-order valence-corrected chi connectivity index (χ0v) is 12.1. The Balaban J connectivity index is 2.06. The molecule has 1 atom stereocenters. The molecule has 0 saturated carbocycles. The minimum atomic E-state index is -3.48. The molecule has 1 heterocycles. The Morgan fingerprint density at radius 3 is 2.58 bits per heavy atom. The highest BCUT2D eigenvalue weighted by molar-refractivity contribution is 7.89. The molecular formula is C13H15NO3S2. The summed E-state index contributed by atoms with van der Waals surface area (Å²) in [6, 6.07) is 10.2. The van der Waals surface area contributed by atoms with Gasteiger partial charge in [0, 0.05) is 13.7 Å². The Morgan fingerprint density at radius 2 is 2.00 bits per heavy atom. The number of sulfonamides is 1. The first-order valence-corrected chi connectivity index (χ1v) is 8.15. The van der Waals surface area contributed by atoms with E-state index in [9.17, 15) is 8.42 Å². The van der Waals surface area contributed by atoms with Crippen molar-refractivity contribution in [3.05, 3.63) is 52.7 Å². The Hall–Kier alpha value is -1.21. The fraction of sp³-hybridized carbons (Fsp3) is 0.231. The maximum atomic E-state index is 12.1. The quantitative estimate of drug-likeness (QED) is 0.891. The van der Waals surface area contributed by atoms with Crippen LogP contribution in [0.15, 0.2) is 52.1 Å². The van der Waals surface area contributed by atoms with Crippen LogP contribution in [-0.2, 0) is 14.8 Å². The molecule has 0 saturated heterocycles. The molecule has 1 unspecified atom stereocenters. The maximum Gasteiger partial charge on any atom is 0.240 e. The lowest BCUT2D eigenvalue weighted by Crippen LogP contribution is -2.29. The van der Waals surface area contributed by atoms with Gasteiger partial charge < -0.3 is 4.74 Å². The molecule has 0 bridgehead atoms. The third-order valence-corrected chi connectivity index (χ3v) is 4.85. The summed E-state index contributed by atoms with van der Waals surface area (Å²) in [5, 5.41) is 3.89. The van der Waals surface area contributed by atoms with Crippen molar-refractivity contribution in [2.45, 2.75) is 11.0 Å². The monoisotopic (exact) mass is 297 g/mol. The average Bonchev–Trinajstić information content (AvgIpc) is 2.94. The van der Waals surface area contributed by atoms with Crippen LogP contribution in [0, 0.1) is 0 Å². The van der Waals surface area contributed by atoms with E-state index in [1.54, 1.807) is 48.8 Å². The molecule has 19 heavy (non-hydrogen) atoms. The van der Waals surface area contributed by atoms with E-state index in [1.165, 1.54) is 0 Å². The Labute approximate surface area is 117 Å². The van der Waals surface area contributed by atoms with Crippen LogP contribution in [0.3, 0.4) is 0 Å². The Bertz CT molecular complexity index is 594. The van der Waals surface area contributed by atoms with Crippen LogP contribution in [-0.4, -0.2) is 22.1 Å². The lowest BCUT2D eigenvalue weighted by atomic mass is 10.2. The number of rotatable bonds is 6. The Morgan fingerprint density at radius 1 is 1.26 bits per heavy atom. The summed E-state index contributed by atoms with van der Waals surface area (Å²) in [6.45, 7) is 0.213. The first-order valence-electron chi connectivity index (χ1n) is 5.73. The van der Waals surface area contributed by atoms with E-state index in [0.717, 1.165) is 5.56 Å². The molecule has 0 aliphatic heterocycles. The number of nitrogens with one attached hydrogen (secondary N) is 1. The fourth-order valence-electron chi connectivity index (χ4n) is 1.66. The lowest BCUT2D eigenvalue weighted by molar-refractivity contribution is 0.107. The van der Waals surface area contributed by atoms with E-state index in [0.29, 0.717) is 0 Å². The molecule has 0 fully saturated rings. The van der Waals surface area contributed by atoms with Gasteiger partial charge in [-0.05, 0) is 34.5 Å². The number of hydrogen-bond donors (Lipinski definition) is 1. The standard InChI is InChI=1S/C13H15NO3S2/c1-17-13(11-7-8-18-10-11)9-14-19(15,16)12-5-3-2-4-6-12/h2-8,10,13-14H,9H2,1H3. The van der Waals surface area contributed by atoms with Crippen LogP contribution in [0.4, 0.5) is 0 Å². The van der Waals surface area contributed by atoms with Gasteiger partial charge in [0.1, 0.15) is 0 Å². The van der Waals surface area contributed by atoms with Crippen LogP contribution in [0.1, 0.15) is 11.7 Å². The predicted octanol–water partition coefficient (Wildman–Crippen LogP) is 2.41. The predicted molar refractivity (Wildman–Crippen MR) is 75.7 cm³/mol. The molecule has 102 valence electrons. The summed E-state index contributed by atoms with van der Waals surface area (Å²) in [6.07, 6.45) is -0.273. The van der Waals surface area contributed by atoms with Gasteiger partial charge in [-0.1, -0.05) is 18.2 Å². The highest BCUT2D eigenvalue weighted by atomic mass is 32.2. The van der Waals surface area contributed by atoms with Crippen molar-refractivity contribution in [2.75, 3.05) is 13.7 Å². The number of hydrogen-bond acceptors (Lipinski definition) is 4. The molecule has 1 aromatic carbocycles. The molecular weight excluding hydrogens is 282 g/mol. The van der Waals surface area contributed by atoms with E-state index in [4.69, 9.17) is 4.74 Å². The van der Waals surface area contributed by atoms with Crippen molar-refractivity contribution in [1.29, 1.82) is 0 Å². The molecule has 1 aromatic heterocycles. The van der Waals surface area contributed by atoms with Gasteiger partial charge in [-0.15, -0.1) is 0 Å². The molecule has 0 aliphatic carbocycles. The highest BCUT2D eigenvalue weighted by Gasteiger charge is 2.17. The van der Waals surface area contributed by atoms with E-state index in [2.05, 4.69) is 4.72 Å². The van der Waals surface area contributed by atoms with Gasteiger partial charge in [0.15, 0.2) is 0 Å². The van der Waals surface area contributed by atoms with Gasteiger partial charge in [-0.3, -0.25) is 0 Å². The van der Waals surface area contributed by atoms with Crippen LogP contribution < -0.4 is 4.72 Å². The number of ether oxygens (including phenoxy) is 1. The molecule has 1 N–H and O–H groups in total. The SMILES string of the molecule is COC(CNS(=O)(=O)c1ccccc1)c1ccsc1. The smallest absolute Gasteiger partial charge is 0.240 e. The average molecular weight is 297 g/mol. The maximum absolute atomic E-state index is 12.1. The third-order valence-electron chi connectivity index (χ3n) is 2.71. The zero-order valence-electron chi connectivity index (χ0n) is 10.4. The first-order chi connectivity index (χ1) is 9.13.